The maximum Gasteiger partial charge on any atom is 0.240 e. The van der Waals surface area contributed by atoms with Crippen molar-refractivity contribution in [3.63, 3.8) is 0 Å². The summed E-state index contributed by atoms with van der Waals surface area (Å²) in [7, 11) is -3.91. The van der Waals surface area contributed by atoms with Gasteiger partial charge in [-0.1, -0.05) is 24.3 Å². The molecule has 3 aromatic rings. The molecule has 1 aromatic heterocycles. The third-order valence-electron chi connectivity index (χ3n) is 6.32. The third kappa shape index (κ3) is 4.65. The molecule has 36 heavy (non-hydrogen) atoms. The zero-order valence-electron chi connectivity index (χ0n) is 19.2. The number of aliphatic hydroxyl groups excluding tert-OH is 2. The number of nitrogens with one attached hydrogen (secondary N) is 2. The molecule has 0 bridgehead atoms. The number of hydrogen-bond donors (Lipinski definition) is 4. The number of sulfonamides is 1. The van der Waals surface area contributed by atoms with Gasteiger partial charge in [-0.15, -0.1) is 0 Å². The Bertz CT molecular complexity index is 1400. The monoisotopic (exact) mass is 519 g/mol. The van der Waals surface area contributed by atoms with Gasteiger partial charge in [-0.25, -0.2) is 18.1 Å². The first-order chi connectivity index (χ1) is 17.3. The van der Waals surface area contributed by atoms with E-state index in [-0.39, 0.29) is 23.3 Å². The molecule has 5 rings (SSSR count). The van der Waals surface area contributed by atoms with Crippen LogP contribution in [0.2, 0.25) is 0 Å². The van der Waals surface area contributed by atoms with Crippen molar-refractivity contribution >= 4 is 21.7 Å². The minimum absolute atomic E-state index is 0. The smallest absolute Gasteiger partial charge is 0.240 e. The van der Waals surface area contributed by atoms with E-state index in [2.05, 4.69) is 15.0 Å². The lowest BCUT2D eigenvalue weighted by atomic mass is 9.94. The minimum atomic E-state index is -3.91. The normalized spacial score (nSPS) is 15.6. The number of ether oxygens (including phenoxy) is 2. The van der Waals surface area contributed by atoms with Gasteiger partial charge in [0.05, 0.1) is 35.3 Å². The molecular formula is C25H33N3O7S. The number of benzene rings is 2. The fraction of sp³-hybridized carbons (Fsp3) is 0.280. The first-order valence-corrected chi connectivity index (χ1v) is 12.9. The van der Waals surface area contributed by atoms with Crippen LogP contribution in [0.4, 0.5) is 5.82 Å². The fourth-order valence-corrected chi connectivity index (χ4v) is 5.31. The van der Waals surface area contributed by atoms with E-state index in [1.807, 2.05) is 18.2 Å². The van der Waals surface area contributed by atoms with Crippen LogP contribution in [0.3, 0.4) is 0 Å². The highest BCUT2D eigenvalue weighted by Gasteiger charge is 2.51. The Morgan fingerprint density at radius 3 is 2.44 bits per heavy atom. The number of aromatic nitrogens is 1. The highest BCUT2D eigenvalue weighted by atomic mass is 32.2. The second-order valence-electron chi connectivity index (χ2n) is 8.72. The highest BCUT2D eigenvalue weighted by Crippen LogP contribution is 2.51. The van der Waals surface area contributed by atoms with Crippen molar-refractivity contribution in [3.05, 3.63) is 66.2 Å². The van der Waals surface area contributed by atoms with Gasteiger partial charge < -0.3 is 25.0 Å². The number of nitrogens with zero attached hydrogens (tertiary/aromatic N) is 1. The number of rotatable bonds is 9. The minimum Gasteiger partial charge on any atom is -0.454 e. The largest absolute Gasteiger partial charge is 0.454 e. The molecule has 0 spiro atoms. The van der Waals surface area contributed by atoms with Crippen LogP contribution < -0.4 is 19.5 Å². The summed E-state index contributed by atoms with van der Waals surface area (Å²) in [6.07, 6.45) is 1.44. The first-order valence-electron chi connectivity index (χ1n) is 11.4. The number of anilines is 1. The van der Waals surface area contributed by atoms with Crippen molar-refractivity contribution in [1.82, 2.24) is 9.71 Å². The number of carbonyl (C=O) groups excluding carboxylic acids is 1. The number of carbonyl (C=O) groups is 1. The van der Waals surface area contributed by atoms with Crippen LogP contribution in [0.5, 0.6) is 11.5 Å². The number of aliphatic hydroxyl groups is 2. The van der Waals surface area contributed by atoms with Crippen molar-refractivity contribution in [3.8, 4) is 22.8 Å². The standard InChI is InChI=1S/C25H25N3O7S.4H2/c29-13-18(14-30)28-36(32,33)19-7-4-16(5-8-19)20-2-1-3-23(26-20)27-24(31)25(10-11-25)17-6-9-21-22(12-17)35-15-34-21;;;;/h1-9,12,18,28-30H,10-11,13-15H2,(H,26,27,31);4*1H. The van der Waals surface area contributed by atoms with Gasteiger partial charge in [0.25, 0.3) is 0 Å². The van der Waals surface area contributed by atoms with Crippen LogP contribution >= 0.6 is 0 Å². The third-order valence-corrected chi connectivity index (χ3v) is 7.86. The summed E-state index contributed by atoms with van der Waals surface area (Å²) in [6, 6.07) is 15.8. The Labute approximate surface area is 213 Å². The molecule has 2 aliphatic rings. The molecule has 1 aliphatic carbocycles. The van der Waals surface area contributed by atoms with Gasteiger partial charge in [0.2, 0.25) is 22.7 Å². The van der Waals surface area contributed by atoms with Crippen LogP contribution in [0.1, 0.15) is 24.1 Å². The Morgan fingerprint density at radius 1 is 1.03 bits per heavy atom. The van der Waals surface area contributed by atoms with Crippen LogP contribution in [0.25, 0.3) is 11.3 Å². The summed E-state index contributed by atoms with van der Waals surface area (Å²) in [5, 5.41) is 21.2. The summed E-state index contributed by atoms with van der Waals surface area (Å²) in [5.41, 5.74) is 1.45. The molecule has 0 atom stereocenters. The Morgan fingerprint density at radius 2 is 1.75 bits per heavy atom. The summed E-state index contributed by atoms with van der Waals surface area (Å²) in [5.74, 6) is 1.54. The summed E-state index contributed by atoms with van der Waals surface area (Å²) < 4.78 is 38.0. The van der Waals surface area contributed by atoms with E-state index in [0.29, 0.717) is 28.6 Å². The van der Waals surface area contributed by atoms with Crippen LogP contribution in [0.15, 0.2) is 65.6 Å². The molecule has 1 saturated carbocycles. The van der Waals surface area contributed by atoms with E-state index in [1.54, 1.807) is 30.3 Å². The van der Waals surface area contributed by atoms with Crippen LogP contribution in [-0.4, -0.2) is 55.6 Å². The van der Waals surface area contributed by atoms with E-state index in [9.17, 15) is 13.2 Å². The molecule has 1 amide bonds. The molecule has 2 heterocycles. The van der Waals surface area contributed by atoms with Crippen molar-refractivity contribution in [2.45, 2.75) is 29.2 Å². The van der Waals surface area contributed by atoms with Gasteiger partial charge >= 0.3 is 0 Å². The van der Waals surface area contributed by atoms with Gasteiger partial charge in [-0.2, -0.15) is 0 Å². The topological polar surface area (TPSA) is 147 Å². The summed E-state index contributed by atoms with van der Waals surface area (Å²) in [6.45, 7) is -0.873. The number of hydrogen-bond acceptors (Lipinski definition) is 8. The number of fused-ring (bicyclic) bond motifs is 1. The zero-order valence-corrected chi connectivity index (χ0v) is 20.0. The number of pyridine rings is 1. The Balaban J connectivity index is 0.00000200. The molecular weight excluding hydrogens is 486 g/mol. The van der Waals surface area contributed by atoms with Crippen molar-refractivity contribution < 1.29 is 38.6 Å². The molecule has 10 nitrogen and oxygen atoms in total. The number of amides is 1. The fourth-order valence-electron chi connectivity index (χ4n) is 4.09. The van der Waals surface area contributed by atoms with E-state index < -0.39 is 34.7 Å². The zero-order chi connectivity index (χ0) is 25.3. The van der Waals surface area contributed by atoms with Gasteiger partial charge in [-0.3, -0.25) is 4.79 Å². The SMILES string of the molecule is O=C(Nc1cccc(-c2ccc(S(=O)(=O)NC(CO)CO)cc2)n1)C1(c2ccc3c(c2)OCO3)CC1.[HH].[HH].[HH].[HH]. The van der Waals surface area contributed by atoms with Crippen molar-refractivity contribution in [2.75, 3.05) is 25.3 Å². The average molecular weight is 520 g/mol. The Hall–Kier alpha value is -3.51. The van der Waals surface area contributed by atoms with Crippen LogP contribution in [-0.2, 0) is 20.2 Å². The predicted octanol–water partition coefficient (Wildman–Crippen LogP) is 2.76. The molecule has 0 saturated heterocycles. The second kappa shape index (κ2) is 9.51. The summed E-state index contributed by atoms with van der Waals surface area (Å²) >= 11 is 0. The molecule has 0 unspecified atom stereocenters. The average Bonchev–Trinajstić information content (AvgIpc) is 3.58. The molecule has 196 valence electrons. The first kappa shape index (κ1) is 24.2. The molecule has 0 radical (unpaired) electrons. The van der Waals surface area contributed by atoms with E-state index >= 15 is 0 Å². The lowest BCUT2D eigenvalue weighted by Gasteiger charge is -2.16. The molecule has 11 heteroatoms. The van der Waals surface area contributed by atoms with Crippen LogP contribution in [0, 0.1) is 0 Å². The summed E-state index contributed by atoms with van der Waals surface area (Å²) in [4.78, 5) is 17.7. The van der Waals surface area contributed by atoms with Gasteiger partial charge in [0.1, 0.15) is 5.82 Å². The highest BCUT2D eigenvalue weighted by molar-refractivity contribution is 7.89. The molecule has 2 aromatic carbocycles. The van der Waals surface area contributed by atoms with Crippen molar-refractivity contribution in [1.29, 1.82) is 0 Å². The lowest BCUT2D eigenvalue weighted by Crippen LogP contribution is -2.39. The Kier molecular flexibility index (Phi) is 6.39. The van der Waals surface area contributed by atoms with E-state index in [0.717, 1.165) is 18.4 Å². The maximum absolute atomic E-state index is 13.2. The molecule has 1 fully saturated rings. The van der Waals surface area contributed by atoms with Gasteiger partial charge in [-0.05, 0) is 54.8 Å². The second-order valence-corrected chi connectivity index (χ2v) is 10.4. The molecule has 4 N–H and O–H groups in total. The predicted molar refractivity (Wildman–Crippen MR) is 139 cm³/mol. The lowest BCUT2D eigenvalue weighted by molar-refractivity contribution is -0.118. The molecule has 1 aliphatic heterocycles. The van der Waals surface area contributed by atoms with Crippen molar-refractivity contribution in [2.24, 2.45) is 0 Å². The maximum atomic E-state index is 13.2. The van der Waals surface area contributed by atoms with Gasteiger partial charge in [0, 0.05) is 11.3 Å². The quantitative estimate of drug-likeness (QED) is 0.337. The van der Waals surface area contributed by atoms with Gasteiger partial charge in [0.15, 0.2) is 11.5 Å². The van der Waals surface area contributed by atoms with E-state index in [1.165, 1.54) is 12.1 Å². The van der Waals surface area contributed by atoms with E-state index in [4.69, 9.17) is 19.7 Å².